The van der Waals surface area contributed by atoms with Gasteiger partial charge < -0.3 is 5.11 Å². The maximum absolute atomic E-state index is 8.70. The van der Waals surface area contributed by atoms with E-state index in [4.69, 9.17) is 24.3 Å². The maximum Gasteiger partial charge on any atom is 0.692 e. The number of nitrogens with one attached hydrogen (secondary N) is 1. The minimum atomic E-state index is -2.87. The Bertz CT molecular complexity index is 168. The fourth-order valence-corrected chi connectivity index (χ4v) is 0.215. The van der Waals surface area contributed by atoms with Crippen LogP contribution in [0.4, 0.5) is 0 Å². The van der Waals surface area contributed by atoms with E-state index in [0.29, 0.717) is 0 Å². The average Bonchev–Trinajstić information content (AvgIpc) is 2.40. The van der Waals surface area contributed by atoms with Crippen molar-refractivity contribution in [2.45, 2.75) is 0 Å². The molecular formula is C4H8N2O5P+. The number of hydrogen-bond acceptors (Lipinski definition) is 3. The van der Waals surface area contributed by atoms with Gasteiger partial charge in [-0.25, -0.2) is 0 Å². The standard InChI is InChI=1S/C3H4N2.CH2O2.HO3P/c1-2-4-5-3-1;2-1-3;1-4(2)3/h1-3H,(H,4,5);1H,(H,2,3);(H-,1,2,3)/p+1. The number of aromatic amines is 1. The first-order valence-corrected chi connectivity index (χ1v) is 3.68. The van der Waals surface area contributed by atoms with Crippen LogP contribution < -0.4 is 0 Å². The van der Waals surface area contributed by atoms with Gasteiger partial charge in [-0.15, -0.1) is 9.79 Å². The number of aromatic nitrogens is 2. The third-order valence-corrected chi connectivity index (χ3v) is 0.406. The fraction of sp³-hybridized carbons (Fsp3) is 0. The van der Waals surface area contributed by atoms with Crippen LogP contribution in [0.15, 0.2) is 18.5 Å². The van der Waals surface area contributed by atoms with Crippen molar-refractivity contribution in [1.29, 1.82) is 0 Å². The number of carbonyl (C=O) groups is 1. The monoisotopic (exact) mass is 195 g/mol. The summed E-state index contributed by atoms with van der Waals surface area (Å²) in [5.41, 5.74) is 0. The van der Waals surface area contributed by atoms with Gasteiger partial charge in [0.1, 0.15) is 0 Å². The lowest BCUT2D eigenvalue weighted by atomic mass is 10.8. The van der Waals surface area contributed by atoms with E-state index in [1.54, 1.807) is 12.4 Å². The minimum Gasteiger partial charge on any atom is -0.483 e. The molecule has 0 fully saturated rings. The molecule has 4 N–H and O–H groups in total. The van der Waals surface area contributed by atoms with E-state index >= 15 is 0 Å². The predicted molar refractivity (Wildman–Crippen MR) is 39.3 cm³/mol. The summed E-state index contributed by atoms with van der Waals surface area (Å²) in [6, 6.07) is 1.83. The van der Waals surface area contributed by atoms with Gasteiger partial charge in [0, 0.05) is 17.0 Å². The smallest absolute Gasteiger partial charge is 0.483 e. The van der Waals surface area contributed by atoms with Crippen molar-refractivity contribution in [3.8, 4) is 0 Å². The van der Waals surface area contributed by atoms with E-state index in [0.717, 1.165) is 0 Å². The summed E-state index contributed by atoms with van der Waals surface area (Å²) in [4.78, 5) is 22.6. The molecule has 0 saturated heterocycles. The molecule has 12 heavy (non-hydrogen) atoms. The Kier molecular flexibility index (Phi) is 13.7. The van der Waals surface area contributed by atoms with E-state index in [1.807, 2.05) is 6.07 Å². The number of carboxylic acid groups (broad SMARTS) is 1. The fourth-order valence-electron chi connectivity index (χ4n) is 0.215. The van der Waals surface area contributed by atoms with Crippen LogP contribution in [0, 0.1) is 0 Å². The Hall–Kier alpha value is -1.30. The van der Waals surface area contributed by atoms with Crippen LogP contribution in [-0.2, 0) is 9.36 Å². The van der Waals surface area contributed by atoms with Crippen LogP contribution >= 0.6 is 8.25 Å². The third-order valence-electron chi connectivity index (χ3n) is 0.406. The Morgan fingerprint density at radius 1 is 1.50 bits per heavy atom. The molecule has 0 atom stereocenters. The molecule has 7 nitrogen and oxygen atoms in total. The molecule has 1 aromatic rings. The first-order chi connectivity index (χ1) is 5.65. The highest BCUT2D eigenvalue weighted by Crippen LogP contribution is 1.98. The van der Waals surface area contributed by atoms with E-state index in [2.05, 4.69) is 10.2 Å². The van der Waals surface area contributed by atoms with E-state index in [9.17, 15) is 0 Å². The summed E-state index contributed by atoms with van der Waals surface area (Å²) in [5.74, 6) is 0. The quantitative estimate of drug-likeness (QED) is 0.334. The number of H-pyrrole nitrogens is 1. The lowest BCUT2D eigenvalue weighted by Gasteiger charge is -1.49. The molecule has 0 radical (unpaired) electrons. The first kappa shape index (κ1) is 13.3. The van der Waals surface area contributed by atoms with Crippen molar-refractivity contribution in [1.82, 2.24) is 10.2 Å². The van der Waals surface area contributed by atoms with E-state index < -0.39 is 8.25 Å². The van der Waals surface area contributed by atoms with Crippen LogP contribution in [-0.4, -0.2) is 31.6 Å². The number of rotatable bonds is 0. The molecule has 68 valence electrons. The molecule has 0 amide bonds. The Morgan fingerprint density at radius 3 is 2.00 bits per heavy atom. The minimum absolute atomic E-state index is 0.250. The molecular weight excluding hydrogens is 187 g/mol. The molecule has 0 aliphatic carbocycles. The summed E-state index contributed by atoms with van der Waals surface area (Å²) in [6.07, 6.45) is 3.46. The lowest BCUT2D eigenvalue weighted by molar-refractivity contribution is -0.122. The summed E-state index contributed by atoms with van der Waals surface area (Å²) < 4.78 is 8.70. The largest absolute Gasteiger partial charge is 0.692 e. The molecule has 1 heterocycles. The van der Waals surface area contributed by atoms with Gasteiger partial charge in [-0.1, -0.05) is 0 Å². The van der Waals surface area contributed by atoms with Gasteiger partial charge in [-0.05, 0) is 6.07 Å². The van der Waals surface area contributed by atoms with Gasteiger partial charge in [0.25, 0.3) is 6.47 Å². The molecule has 8 heteroatoms. The van der Waals surface area contributed by atoms with E-state index in [-0.39, 0.29) is 6.47 Å². The van der Waals surface area contributed by atoms with Crippen molar-refractivity contribution < 1.29 is 24.3 Å². The highest BCUT2D eigenvalue weighted by molar-refractivity contribution is 7.30. The highest BCUT2D eigenvalue weighted by Gasteiger charge is 1.93. The van der Waals surface area contributed by atoms with Crippen LogP contribution in [0.25, 0.3) is 0 Å². The lowest BCUT2D eigenvalue weighted by Crippen LogP contribution is -1.53. The Labute approximate surface area is 68.6 Å². The van der Waals surface area contributed by atoms with Crippen LogP contribution in [0.3, 0.4) is 0 Å². The molecule has 0 saturated carbocycles. The molecule has 0 spiro atoms. The van der Waals surface area contributed by atoms with E-state index in [1.165, 1.54) is 0 Å². The van der Waals surface area contributed by atoms with Crippen LogP contribution in [0.1, 0.15) is 0 Å². The third kappa shape index (κ3) is 37.7. The Morgan fingerprint density at radius 2 is 1.92 bits per heavy atom. The van der Waals surface area contributed by atoms with Crippen molar-refractivity contribution in [2.24, 2.45) is 0 Å². The zero-order valence-corrected chi connectivity index (χ0v) is 6.76. The first-order valence-electron chi connectivity index (χ1n) is 2.51. The molecule has 1 rings (SSSR count). The van der Waals surface area contributed by atoms with Gasteiger partial charge in [0.15, 0.2) is 0 Å². The topological polar surface area (TPSA) is 124 Å². The normalized spacial score (nSPS) is 6.50. The summed E-state index contributed by atoms with van der Waals surface area (Å²) in [6.45, 7) is -0.250. The SMILES string of the molecule is O=CO.O=[P+](O)O.c1cn[nH]c1. The van der Waals surface area contributed by atoms with Gasteiger partial charge >= 0.3 is 8.25 Å². The second-order valence-corrected chi connectivity index (χ2v) is 1.63. The van der Waals surface area contributed by atoms with Crippen molar-refractivity contribution >= 4 is 14.7 Å². The molecule has 1 aromatic heterocycles. The molecule has 0 bridgehead atoms. The Balaban J connectivity index is 0. The van der Waals surface area contributed by atoms with Crippen LogP contribution in [0.2, 0.25) is 0 Å². The molecule has 0 aromatic carbocycles. The van der Waals surface area contributed by atoms with Gasteiger partial charge in [-0.3, -0.25) is 9.89 Å². The second kappa shape index (κ2) is 12.4. The zero-order chi connectivity index (χ0) is 9.82. The maximum atomic E-state index is 8.70. The number of nitrogens with zero attached hydrogens (tertiary/aromatic N) is 1. The average molecular weight is 195 g/mol. The second-order valence-electron chi connectivity index (χ2n) is 1.12. The van der Waals surface area contributed by atoms with Gasteiger partial charge in [-0.2, -0.15) is 5.10 Å². The summed E-state index contributed by atoms with van der Waals surface area (Å²) >= 11 is 0. The summed E-state index contributed by atoms with van der Waals surface area (Å²) in [7, 11) is -2.87. The molecule has 0 aliphatic rings. The van der Waals surface area contributed by atoms with Crippen LogP contribution in [0.5, 0.6) is 0 Å². The van der Waals surface area contributed by atoms with Crippen molar-refractivity contribution in [2.75, 3.05) is 0 Å². The highest BCUT2D eigenvalue weighted by atomic mass is 31.1. The molecule has 0 aliphatic heterocycles. The van der Waals surface area contributed by atoms with Crippen molar-refractivity contribution in [3.63, 3.8) is 0 Å². The summed E-state index contributed by atoms with van der Waals surface area (Å²) in [5, 5.41) is 13.1. The number of hydrogen-bond donors (Lipinski definition) is 4. The van der Waals surface area contributed by atoms with Crippen molar-refractivity contribution in [3.05, 3.63) is 18.5 Å². The van der Waals surface area contributed by atoms with Gasteiger partial charge in [0.2, 0.25) is 0 Å². The zero-order valence-electron chi connectivity index (χ0n) is 5.86. The molecule has 0 unspecified atom stereocenters. The van der Waals surface area contributed by atoms with Gasteiger partial charge in [0.05, 0.1) is 0 Å². The predicted octanol–water partition coefficient (Wildman–Crippen LogP) is -0.261.